The molecule has 3 aliphatic heterocycles. The molecule has 0 saturated carbocycles. The molecule has 1 aromatic heterocycles. The number of nitrogens with one attached hydrogen (secondary N) is 2. The zero-order chi connectivity index (χ0) is 12.9. The molecule has 5 heteroatoms. The standard InChI is InChI=1S/C14H21N5/c1-10-7-18-14(10)4-2-6-19(8-14)13-11-3-5-15-12(11)16-9-17-13/h9-10,18H,2-8H2,1H3,(H,15,16,17). The molecule has 2 fully saturated rings. The second-order valence-corrected chi connectivity index (χ2v) is 6.16. The van der Waals surface area contributed by atoms with E-state index in [9.17, 15) is 0 Å². The minimum absolute atomic E-state index is 0.335. The molecule has 0 bridgehead atoms. The SMILES string of the molecule is CC1CNC12CCCN(c1ncnc3c1CCN3)C2. The average Bonchev–Trinajstić information content (AvgIpc) is 2.94. The van der Waals surface area contributed by atoms with Crippen LogP contribution >= 0.6 is 0 Å². The van der Waals surface area contributed by atoms with Gasteiger partial charge in [0.05, 0.1) is 0 Å². The van der Waals surface area contributed by atoms with Gasteiger partial charge in [0.1, 0.15) is 18.0 Å². The molecule has 2 atom stereocenters. The number of aromatic nitrogens is 2. The Morgan fingerprint density at radius 2 is 2.37 bits per heavy atom. The quantitative estimate of drug-likeness (QED) is 0.789. The first kappa shape index (κ1) is 11.5. The summed E-state index contributed by atoms with van der Waals surface area (Å²) in [7, 11) is 0. The molecule has 2 unspecified atom stereocenters. The summed E-state index contributed by atoms with van der Waals surface area (Å²) < 4.78 is 0. The molecule has 4 rings (SSSR count). The zero-order valence-corrected chi connectivity index (χ0v) is 11.4. The Kier molecular flexibility index (Phi) is 2.45. The summed E-state index contributed by atoms with van der Waals surface area (Å²) in [5, 5.41) is 7.02. The van der Waals surface area contributed by atoms with Crippen molar-refractivity contribution in [2.24, 2.45) is 5.92 Å². The molecule has 0 aliphatic carbocycles. The van der Waals surface area contributed by atoms with Crippen LogP contribution in [0, 0.1) is 5.92 Å². The van der Waals surface area contributed by atoms with E-state index in [4.69, 9.17) is 0 Å². The van der Waals surface area contributed by atoms with Gasteiger partial charge in [-0.3, -0.25) is 0 Å². The highest BCUT2D eigenvalue weighted by molar-refractivity contribution is 5.62. The molecular weight excluding hydrogens is 238 g/mol. The maximum absolute atomic E-state index is 4.57. The molecule has 0 aromatic carbocycles. The highest BCUT2D eigenvalue weighted by Crippen LogP contribution is 2.38. The van der Waals surface area contributed by atoms with Crippen molar-refractivity contribution in [3.8, 4) is 0 Å². The van der Waals surface area contributed by atoms with Crippen molar-refractivity contribution in [3.05, 3.63) is 11.9 Å². The van der Waals surface area contributed by atoms with E-state index in [1.807, 2.05) is 0 Å². The predicted octanol–water partition coefficient (Wildman–Crippen LogP) is 1.02. The number of piperidine rings is 1. The fraction of sp³-hybridized carbons (Fsp3) is 0.714. The first-order valence-electron chi connectivity index (χ1n) is 7.36. The van der Waals surface area contributed by atoms with Gasteiger partial charge in [0, 0.05) is 37.3 Å². The number of anilines is 2. The number of nitrogens with zero attached hydrogens (tertiary/aromatic N) is 3. The molecule has 4 heterocycles. The van der Waals surface area contributed by atoms with Gasteiger partial charge in [0.15, 0.2) is 0 Å². The van der Waals surface area contributed by atoms with Crippen LogP contribution in [-0.4, -0.2) is 41.7 Å². The third-order valence-corrected chi connectivity index (χ3v) is 5.12. The normalized spacial score (nSPS) is 32.9. The van der Waals surface area contributed by atoms with E-state index in [0.717, 1.165) is 50.2 Å². The van der Waals surface area contributed by atoms with E-state index in [1.54, 1.807) is 6.33 Å². The van der Waals surface area contributed by atoms with E-state index in [2.05, 4.69) is 32.4 Å². The summed E-state index contributed by atoms with van der Waals surface area (Å²) in [6.07, 6.45) is 5.31. The lowest BCUT2D eigenvalue weighted by Crippen LogP contribution is -2.70. The van der Waals surface area contributed by atoms with Crippen LogP contribution < -0.4 is 15.5 Å². The van der Waals surface area contributed by atoms with Gasteiger partial charge in [-0.15, -0.1) is 0 Å². The van der Waals surface area contributed by atoms with Gasteiger partial charge in [0.25, 0.3) is 0 Å². The second-order valence-electron chi connectivity index (χ2n) is 6.16. The number of fused-ring (bicyclic) bond motifs is 1. The first-order valence-corrected chi connectivity index (χ1v) is 7.36. The summed E-state index contributed by atoms with van der Waals surface area (Å²) in [5.74, 6) is 2.98. The summed E-state index contributed by atoms with van der Waals surface area (Å²) in [6, 6.07) is 0. The first-order chi connectivity index (χ1) is 9.28. The van der Waals surface area contributed by atoms with Crippen LogP contribution in [0.15, 0.2) is 6.33 Å². The lowest BCUT2D eigenvalue weighted by molar-refractivity contribution is 0.0938. The summed E-state index contributed by atoms with van der Waals surface area (Å²) >= 11 is 0. The maximum atomic E-state index is 4.57. The number of rotatable bonds is 1. The third-order valence-electron chi connectivity index (χ3n) is 5.12. The molecule has 0 amide bonds. The lowest BCUT2D eigenvalue weighted by Gasteiger charge is -2.54. The van der Waals surface area contributed by atoms with E-state index in [1.165, 1.54) is 18.4 Å². The Morgan fingerprint density at radius 1 is 1.42 bits per heavy atom. The molecular formula is C14H21N5. The zero-order valence-electron chi connectivity index (χ0n) is 11.4. The van der Waals surface area contributed by atoms with E-state index in [-0.39, 0.29) is 0 Å². The highest BCUT2D eigenvalue weighted by Gasteiger charge is 2.46. The molecule has 1 spiro atoms. The van der Waals surface area contributed by atoms with Crippen molar-refractivity contribution in [1.82, 2.24) is 15.3 Å². The summed E-state index contributed by atoms with van der Waals surface area (Å²) in [4.78, 5) is 11.4. The van der Waals surface area contributed by atoms with Crippen molar-refractivity contribution in [2.75, 3.05) is 36.4 Å². The Morgan fingerprint density at radius 3 is 3.16 bits per heavy atom. The smallest absolute Gasteiger partial charge is 0.137 e. The van der Waals surface area contributed by atoms with Gasteiger partial charge in [-0.05, 0) is 25.2 Å². The topological polar surface area (TPSA) is 53.1 Å². The van der Waals surface area contributed by atoms with Gasteiger partial charge in [0.2, 0.25) is 0 Å². The fourth-order valence-corrected chi connectivity index (χ4v) is 3.77. The van der Waals surface area contributed by atoms with Crippen molar-refractivity contribution in [2.45, 2.75) is 31.7 Å². The number of hydrogen-bond donors (Lipinski definition) is 2. The average molecular weight is 259 g/mol. The molecule has 2 saturated heterocycles. The molecule has 5 nitrogen and oxygen atoms in total. The van der Waals surface area contributed by atoms with E-state index in [0.29, 0.717) is 5.54 Å². The van der Waals surface area contributed by atoms with Crippen LogP contribution in [0.4, 0.5) is 11.6 Å². The number of hydrogen-bond acceptors (Lipinski definition) is 5. The predicted molar refractivity (Wildman–Crippen MR) is 75.6 cm³/mol. The van der Waals surface area contributed by atoms with Crippen LogP contribution in [-0.2, 0) is 6.42 Å². The van der Waals surface area contributed by atoms with Gasteiger partial charge >= 0.3 is 0 Å². The Bertz CT molecular complexity index is 503. The van der Waals surface area contributed by atoms with Gasteiger partial charge in [-0.2, -0.15) is 0 Å². The van der Waals surface area contributed by atoms with Gasteiger partial charge < -0.3 is 15.5 Å². The van der Waals surface area contributed by atoms with Crippen molar-refractivity contribution in [1.29, 1.82) is 0 Å². The van der Waals surface area contributed by atoms with Gasteiger partial charge in [-0.25, -0.2) is 9.97 Å². The Hall–Kier alpha value is -1.36. The highest BCUT2D eigenvalue weighted by atomic mass is 15.3. The van der Waals surface area contributed by atoms with Crippen molar-refractivity contribution < 1.29 is 0 Å². The molecule has 1 aromatic rings. The van der Waals surface area contributed by atoms with Crippen LogP contribution in [0.5, 0.6) is 0 Å². The molecule has 2 N–H and O–H groups in total. The van der Waals surface area contributed by atoms with Crippen molar-refractivity contribution in [3.63, 3.8) is 0 Å². The van der Waals surface area contributed by atoms with Crippen molar-refractivity contribution >= 4 is 11.6 Å². The van der Waals surface area contributed by atoms with Crippen LogP contribution in [0.2, 0.25) is 0 Å². The Balaban J connectivity index is 1.64. The van der Waals surface area contributed by atoms with Crippen LogP contribution in [0.1, 0.15) is 25.3 Å². The van der Waals surface area contributed by atoms with Gasteiger partial charge in [-0.1, -0.05) is 6.92 Å². The molecule has 3 aliphatic rings. The van der Waals surface area contributed by atoms with E-state index >= 15 is 0 Å². The summed E-state index contributed by atoms with van der Waals surface area (Å²) in [5.41, 5.74) is 1.65. The lowest BCUT2D eigenvalue weighted by atomic mass is 9.72. The minimum Gasteiger partial charge on any atom is -0.369 e. The summed E-state index contributed by atoms with van der Waals surface area (Å²) in [6.45, 7) is 6.75. The largest absolute Gasteiger partial charge is 0.369 e. The fourth-order valence-electron chi connectivity index (χ4n) is 3.77. The Labute approximate surface area is 113 Å². The van der Waals surface area contributed by atoms with Crippen LogP contribution in [0.25, 0.3) is 0 Å². The molecule has 0 radical (unpaired) electrons. The third kappa shape index (κ3) is 1.64. The maximum Gasteiger partial charge on any atom is 0.137 e. The second kappa shape index (κ2) is 4.07. The monoisotopic (exact) mass is 259 g/mol. The molecule has 102 valence electrons. The van der Waals surface area contributed by atoms with Crippen LogP contribution in [0.3, 0.4) is 0 Å². The van der Waals surface area contributed by atoms with E-state index < -0.39 is 0 Å². The molecule has 19 heavy (non-hydrogen) atoms. The minimum atomic E-state index is 0.335.